The van der Waals surface area contributed by atoms with Crippen molar-refractivity contribution in [3.63, 3.8) is 0 Å². The second-order valence-corrected chi connectivity index (χ2v) is 6.62. The number of rotatable bonds is 4. The number of fused-ring (bicyclic) bond motifs is 2. The minimum absolute atomic E-state index is 0.543. The Kier molecular flexibility index (Phi) is 4.76. The molecular formula is C17H25N3S. The standard InChI is InChI=1S/C17H25N3S/c1-2-18-17(21)19-14-10-15-8-9-16(11-14)20(15)12-13-6-4-3-5-7-13/h3-7,14-16H,2,8-12H2,1H3,(H2,18,19,21)/t15-,16-/m1/s1. The molecule has 114 valence electrons. The van der Waals surface area contributed by atoms with Crippen LogP contribution in [0.25, 0.3) is 0 Å². The molecule has 4 heteroatoms. The van der Waals surface area contributed by atoms with Crippen LogP contribution in [0.15, 0.2) is 30.3 Å². The van der Waals surface area contributed by atoms with E-state index in [1.165, 1.54) is 31.2 Å². The summed E-state index contributed by atoms with van der Waals surface area (Å²) in [6.45, 7) is 4.08. The molecule has 0 amide bonds. The van der Waals surface area contributed by atoms with E-state index in [0.29, 0.717) is 18.1 Å². The Morgan fingerprint density at radius 1 is 1.19 bits per heavy atom. The van der Waals surface area contributed by atoms with E-state index >= 15 is 0 Å². The molecule has 3 rings (SSSR count). The predicted octanol–water partition coefficient (Wildman–Crippen LogP) is 2.67. The van der Waals surface area contributed by atoms with Crippen molar-refractivity contribution in [2.45, 2.75) is 57.3 Å². The van der Waals surface area contributed by atoms with E-state index in [2.05, 4.69) is 52.8 Å². The minimum atomic E-state index is 0.543. The molecule has 0 unspecified atom stereocenters. The van der Waals surface area contributed by atoms with Gasteiger partial charge in [0.05, 0.1) is 0 Å². The van der Waals surface area contributed by atoms with Crippen molar-refractivity contribution in [1.82, 2.24) is 15.5 Å². The maximum atomic E-state index is 5.33. The average molecular weight is 303 g/mol. The van der Waals surface area contributed by atoms with Gasteiger partial charge in [-0.3, -0.25) is 4.90 Å². The normalized spacial score (nSPS) is 28.3. The Morgan fingerprint density at radius 3 is 2.48 bits per heavy atom. The van der Waals surface area contributed by atoms with Gasteiger partial charge in [0.1, 0.15) is 0 Å². The average Bonchev–Trinajstić information content (AvgIpc) is 2.71. The number of piperidine rings is 1. The Labute approximate surface area is 133 Å². The largest absolute Gasteiger partial charge is 0.363 e. The van der Waals surface area contributed by atoms with Crippen LogP contribution in [0.3, 0.4) is 0 Å². The van der Waals surface area contributed by atoms with Crippen LogP contribution >= 0.6 is 12.2 Å². The van der Waals surface area contributed by atoms with Crippen molar-refractivity contribution in [3.05, 3.63) is 35.9 Å². The first-order valence-electron chi connectivity index (χ1n) is 8.10. The maximum Gasteiger partial charge on any atom is 0.166 e. The van der Waals surface area contributed by atoms with Crippen LogP contribution in [0, 0.1) is 0 Å². The van der Waals surface area contributed by atoms with Gasteiger partial charge in [0.25, 0.3) is 0 Å². The molecule has 0 saturated carbocycles. The summed E-state index contributed by atoms with van der Waals surface area (Å²) in [5.74, 6) is 0. The van der Waals surface area contributed by atoms with Gasteiger partial charge in [-0.1, -0.05) is 30.3 Å². The van der Waals surface area contributed by atoms with Crippen molar-refractivity contribution < 1.29 is 0 Å². The van der Waals surface area contributed by atoms with E-state index in [0.717, 1.165) is 18.2 Å². The number of hydrogen-bond donors (Lipinski definition) is 2. The summed E-state index contributed by atoms with van der Waals surface area (Å²) >= 11 is 5.33. The van der Waals surface area contributed by atoms with Gasteiger partial charge in [-0.15, -0.1) is 0 Å². The predicted molar refractivity (Wildman–Crippen MR) is 91.2 cm³/mol. The van der Waals surface area contributed by atoms with Gasteiger partial charge in [0.15, 0.2) is 5.11 Å². The highest BCUT2D eigenvalue weighted by Gasteiger charge is 2.40. The fraction of sp³-hybridized carbons (Fsp3) is 0.588. The van der Waals surface area contributed by atoms with Crippen LogP contribution < -0.4 is 10.6 Å². The number of hydrogen-bond acceptors (Lipinski definition) is 2. The molecule has 1 aromatic carbocycles. The molecule has 0 radical (unpaired) electrons. The third kappa shape index (κ3) is 3.55. The minimum Gasteiger partial charge on any atom is -0.363 e. The lowest BCUT2D eigenvalue weighted by molar-refractivity contribution is 0.115. The second kappa shape index (κ2) is 6.75. The molecule has 2 bridgehead atoms. The number of thiocarbonyl (C=S) groups is 1. The molecule has 2 atom stereocenters. The van der Waals surface area contributed by atoms with Gasteiger partial charge >= 0.3 is 0 Å². The highest BCUT2D eigenvalue weighted by atomic mass is 32.1. The molecule has 1 aromatic rings. The third-order valence-corrected chi connectivity index (χ3v) is 5.03. The lowest BCUT2D eigenvalue weighted by Crippen LogP contribution is -2.51. The van der Waals surface area contributed by atoms with Gasteiger partial charge in [0, 0.05) is 31.2 Å². The fourth-order valence-electron chi connectivity index (χ4n) is 3.84. The topological polar surface area (TPSA) is 27.3 Å². The lowest BCUT2D eigenvalue weighted by Gasteiger charge is -2.39. The third-order valence-electron chi connectivity index (χ3n) is 4.76. The molecule has 0 spiro atoms. The summed E-state index contributed by atoms with van der Waals surface area (Å²) in [4.78, 5) is 2.71. The van der Waals surface area contributed by atoms with Gasteiger partial charge < -0.3 is 10.6 Å². The number of nitrogens with zero attached hydrogens (tertiary/aromatic N) is 1. The molecule has 2 fully saturated rings. The van der Waals surface area contributed by atoms with E-state index in [1.807, 2.05) is 0 Å². The van der Waals surface area contributed by atoms with Crippen LogP contribution in [-0.4, -0.2) is 34.7 Å². The summed E-state index contributed by atoms with van der Waals surface area (Å²) < 4.78 is 0. The highest BCUT2D eigenvalue weighted by Crippen LogP contribution is 2.36. The smallest absolute Gasteiger partial charge is 0.166 e. The molecule has 2 aliphatic heterocycles. The zero-order valence-electron chi connectivity index (χ0n) is 12.7. The zero-order chi connectivity index (χ0) is 14.7. The SMILES string of the molecule is CCNC(=S)NC1C[C@H]2CC[C@H](C1)N2Cc1ccccc1. The number of nitrogens with one attached hydrogen (secondary N) is 2. The van der Waals surface area contributed by atoms with Crippen LogP contribution in [-0.2, 0) is 6.54 Å². The summed E-state index contributed by atoms with van der Waals surface area (Å²) in [6, 6.07) is 12.8. The first-order valence-corrected chi connectivity index (χ1v) is 8.51. The van der Waals surface area contributed by atoms with Crippen LogP contribution in [0.1, 0.15) is 38.2 Å². The Balaban J connectivity index is 1.58. The molecule has 21 heavy (non-hydrogen) atoms. The Morgan fingerprint density at radius 2 is 1.86 bits per heavy atom. The summed E-state index contributed by atoms with van der Waals surface area (Å²) in [5.41, 5.74) is 1.43. The van der Waals surface area contributed by atoms with Crippen molar-refractivity contribution in [2.75, 3.05) is 6.54 Å². The molecule has 3 nitrogen and oxygen atoms in total. The van der Waals surface area contributed by atoms with Gasteiger partial charge in [0.2, 0.25) is 0 Å². The van der Waals surface area contributed by atoms with Crippen molar-refractivity contribution in [3.8, 4) is 0 Å². The van der Waals surface area contributed by atoms with E-state index in [1.54, 1.807) is 0 Å². The van der Waals surface area contributed by atoms with Crippen LogP contribution in [0.2, 0.25) is 0 Å². The first-order chi connectivity index (χ1) is 10.3. The molecule has 2 heterocycles. The van der Waals surface area contributed by atoms with Gasteiger partial charge in [-0.25, -0.2) is 0 Å². The fourth-order valence-corrected chi connectivity index (χ4v) is 4.15. The van der Waals surface area contributed by atoms with Gasteiger partial charge in [-0.05, 0) is 50.4 Å². The Hall–Kier alpha value is -1.13. The van der Waals surface area contributed by atoms with Crippen molar-refractivity contribution in [2.24, 2.45) is 0 Å². The van der Waals surface area contributed by atoms with Crippen LogP contribution in [0.5, 0.6) is 0 Å². The summed E-state index contributed by atoms with van der Waals surface area (Å²) in [6.07, 6.45) is 5.11. The summed E-state index contributed by atoms with van der Waals surface area (Å²) in [5, 5.41) is 7.52. The second-order valence-electron chi connectivity index (χ2n) is 6.22. The molecular weight excluding hydrogens is 278 g/mol. The van der Waals surface area contributed by atoms with E-state index in [-0.39, 0.29) is 0 Å². The molecule has 2 saturated heterocycles. The van der Waals surface area contributed by atoms with E-state index in [9.17, 15) is 0 Å². The quantitative estimate of drug-likeness (QED) is 0.836. The lowest BCUT2D eigenvalue weighted by atomic mass is 9.96. The zero-order valence-corrected chi connectivity index (χ0v) is 13.5. The molecule has 2 N–H and O–H groups in total. The first kappa shape index (κ1) is 14.8. The number of benzene rings is 1. The van der Waals surface area contributed by atoms with E-state index in [4.69, 9.17) is 12.2 Å². The monoisotopic (exact) mass is 303 g/mol. The summed E-state index contributed by atoms with van der Waals surface area (Å²) in [7, 11) is 0. The highest BCUT2D eigenvalue weighted by molar-refractivity contribution is 7.80. The van der Waals surface area contributed by atoms with Crippen molar-refractivity contribution >= 4 is 17.3 Å². The molecule has 0 aromatic heterocycles. The molecule has 2 aliphatic rings. The molecule has 0 aliphatic carbocycles. The van der Waals surface area contributed by atoms with E-state index < -0.39 is 0 Å². The van der Waals surface area contributed by atoms with Crippen molar-refractivity contribution in [1.29, 1.82) is 0 Å². The van der Waals surface area contributed by atoms with Gasteiger partial charge in [-0.2, -0.15) is 0 Å². The maximum absolute atomic E-state index is 5.33. The van der Waals surface area contributed by atoms with Crippen LogP contribution in [0.4, 0.5) is 0 Å². The Bertz CT molecular complexity index is 462.